The van der Waals surface area contributed by atoms with Crippen molar-refractivity contribution in [2.75, 3.05) is 25.5 Å². The van der Waals surface area contributed by atoms with Crippen molar-refractivity contribution in [3.05, 3.63) is 78.9 Å². The molecule has 346 valence electrons. The molecule has 4 rings (SSSR count). The normalized spacial score (nSPS) is 15.2. The molecule has 0 fully saturated rings. The minimum atomic E-state index is -4.11. The molecule has 1 atom stereocenters. The van der Waals surface area contributed by atoms with E-state index < -0.39 is 31.3 Å². The lowest BCUT2D eigenvalue weighted by molar-refractivity contribution is 0.0523. The molecule has 3 N–H and O–H groups in total. The highest BCUT2D eigenvalue weighted by atomic mass is 31.2. The third kappa shape index (κ3) is 15.5. The third-order valence-electron chi connectivity index (χ3n) is 10.7. The van der Waals surface area contributed by atoms with Gasteiger partial charge >= 0.3 is 27.1 Å². The van der Waals surface area contributed by atoms with Crippen molar-refractivity contribution in [3.8, 4) is 11.5 Å². The van der Waals surface area contributed by atoms with Crippen molar-refractivity contribution in [3.63, 3.8) is 0 Å². The Kier molecular flexibility index (Phi) is 18.9. The minimum Gasteiger partial charge on any atom is -0.493 e. The van der Waals surface area contributed by atoms with Crippen molar-refractivity contribution < 1.29 is 57.0 Å². The summed E-state index contributed by atoms with van der Waals surface area (Å²) in [6, 6.07) is 1.95. The first-order chi connectivity index (χ1) is 28.6. The summed E-state index contributed by atoms with van der Waals surface area (Å²) in [6.07, 6.45) is 5.83. The van der Waals surface area contributed by atoms with Crippen LogP contribution in [0.1, 0.15) is 107 Å². The highest BCUT2D eigenvalue weighted by molar-refractivity contribution is 7.53. The monoisotopic (exact) mass is 935 g/mol. The first-order valence-electron chi connectivity index (χ1n) is 21.4. The van der Waals surface area contributed by atoms with Crippen molar-refractivity contribution in [1.82, 2.24) is 0 Å². The second-order valence-electron chi connectivity index (χ2n) is 19.0. The Bertz CT molecular complexity index is 2170. The maximum atomic E-state index is 12.6. The molecule has 2 aromatic rings. The van der Waals surface area contributed by atoms with Crippen LogP contribution in [0, 0.1) is 13.8 Å². The lowest BCUT2D eigenvalue weighted by Crippen LogP contribution is -2.23. The van der Waals surface area contributed by atoms with Crippen LogP contribution < -0.4 is 9.47 Å². The summed E-state index contributed by atoms with van der Waals surface area (Å²) in [5.41, 5.74) is 11.0. The number of nitrogens with zero attached hydrogens (tertiary/aromatic N) is 1. The smallest absolute Gasteiger partial charge is 0.401 e. The van der Waals surface area contributed by atoms with E-state index in [1.54, 1.807) is 27.7 Å². The number of carbonyl (C=O) groups excluding carboxylic acids is 2. The fraction of sp³-hybridized carbons (Fsp3) is 0.578. The number of carbonyl (C=O) groups is 2. The van der Waals surface area contributed by atoms with E-state index in [0.717, 1.165) is 69.4 Å². The molecular formula is C45H71NO12P2Si2. The zero-order valence-corrected chi connectivity index (χ0v) is 43.3. The molecule has 62 heavy (non-hydrogen) atoms. The first-order valence-corrected chi connectivity index (χ1v) is 32.4. The highest BCUT2D eigenvalue weighted by Gasteiger charge is 2.34. The van der Waals surface area contributed by atoms with E-state index >= 15 is 0 Å². The molecule has 0 saturated heterocycles. The van der Waals surface area contributed by atoms with Crippen molar-refractivity contribution in [1.29, 1.82) is 0 Å². The second-order valence-corrected chi connectivity index (χ2v) is 33.6. The number of cyclic esters (lactones) is 2. The Morgan fingerprint density at radius 3 is 1.40 bits per heavy atom. The number of hydrogen-bond acceptors (Lipinski definition) is 10. The molecule has 1 unspecified atom stereocenters. The zero-order chi connectivity index (χ0) is 47.0. The van der Waals surface area contributed by atoms with Gasteiger partial charge in [-0.3, -0.25) is 4.57 Å². The van der Waals surface area contributed by atoms with E-state index in [0.29, 0.717) is 65.5 Å². The summed E-state index contributed by atoms with van der Waals surface area (Å²) in [4.78, 5) is 53.6. The first kappa shape index (κ1) is 53.0. The summed E-state index contributed by atoms with van der Waals surface area (Å²) in [5.74, 6) is 0.489. The molecule has 0 radical (unpaired) electrons. The maximum absolute atomic E-state index is 12.6. The maximum Gasteiger partial charge on any atom is 0.401 e. The van der Waals surface area contributed by atoms with Crippen LogP contribution in [-0.4, -0.2) is 74.0 Å². The van der Waals surface area contributed by atoms with Crippen molar-refractivity contribution in [2.24, 2.45) is 5.16 Å². The fourth-order valence-corrected chi connectivity index (χ4v) is 10.7. The van der Waals surface area contributed by atoms with Gasteiger partial charge in [-0.25, -0.2) is 14.2 Å². The van der Waals surface area contributed by atoms with Crippen LogP contribution >= 0.6 is 15.2 Å². The number of fused-ring (bicyclic) bond motifs is 2. The molecule has 0 aromatic heterocycles. The van der Waals surface area contributed by atoms with E-state index in [2.05, 4.69) is 58.3 Å². The van der Waals surface area contributed by atoms with Gasteiger partial charge in [0.2, 0.25) is 0 Å². The average Bonchev–Trinajstić information content (AvgIpc) is 3.72. The molecule has 0 amide bonds. The van der Waals surface area contributed by atoms with Crippen LogP contribution in [0.3, 0.4) is 0 Å². The van der Waals surface area contributed by atoms with Gasteiger partial charge in [0, 0.05) is 38.4 Å². The SMILES string of the molecule is CCc1c(C)c2c(c(OCC[Si](C)(C)C)c1C/C=C(\C)CP(=O)(O)O)C(=O)OC2.CCc1c(C)c2c(c(OCC[Si](C)(C)C)c1C/C=C(\C)CP(=O)(O)ON=C(C)C)C(=O)OC2. The molecule has 2 heterocycles. The molecule has 2 aliphatic rings. The Morgan fingerprint density at radius 2 is 1.06 bits per heavy atom. The molecule has 2 aromatic carbocycles. The molecule has 0 spiro atoms. The Labute approximate surface area is 371 Å². The lowest BCUT2D eigenvalue weighted by atomic mass is 9.89. The molecule has 17 heteroatoms. The fourth-order valence-electron chi connectivity index (χ4n) is 7.38. The van der Waals surface area contributed by atoms with Crippen LogP contribution in [0.15, 0.2) is 28.5 Å². The minimum absolute atomic E-state index is 0.122. The lowest BCUT2D eigenvalue weighted by Gasteiger charge is -2.22. The molecule has 2 aliphatic heterocycles. The number of esters is 2. The van der Waals surface area contributed by atoms with Crippen LogP contribution in [-0.2, 0) is 62.1 Å². The van der Waals surface area contributed by atoms with E-state index in [1.165, 1.54) is 0 Å². The van der Waals surface area contributed by atoms with Crippen LogP contribution in [0.5, 0.6) is 11.5 Å². The molecule has 0 aliphatic carbocycles. The van der Waals surface area contributed by atoms with E-state index in [-0.39, 0.29) is 37.5 Å². The summed E-state index contributed by atoms with van der Waals surface area (Å²) in [7, 11) is -10.6. The number of rotatable bonds is 20. The summed E-state index contributed by atoms with van der Waals surface area (Å²) < 4.78 is 51.6. The van der Waals surface area contributed by atoms with Gasteiger partial charge in [0.15, 0.2) is 0 Å². The summed E-state index contributed by atoms with van der Waals surface area (Å²) in [6.45, 7) is 30.4. The van der Waals surface area contributed by atoms with Crippen molar-refractivity contribution in [2.45, 2.75) is 146 Å². The number of hydrogen-bond donors (Lipinski definition) is 3. The number of benzene rings is 2. The quantitative estimate of drug-likeness (QED) is 0.0285. The number of ether oxygens (including phenoxy) is 4. The number of oxime groups is 1. The van der Waals surface area contributed by atoms with Gasteiger partial charge in [-0.2, -0.15) is 0 Å². The van der Waals surface area contributed by atoms with Gasteiger partial charge < -0.3 is 38.3 Å². The molecule has 13 nitrogen and oxygen atoms in total. The van der Waals surface area contributed by atoms with Gasteiger partial charge in [0.05, 0.1) is 31.2 Å². The van der Waals surface area contributed by atoms with Gasteiger partial charge in [-0.1, -0.05) is 81.6 Å². The van der Waals surface area contributed by atoms with Gasteiger partial charge in [-0.15, -0.1) is 0 Å². The Hall–Kier alpha value is -3.30. The highest BCUT2D eigenvalue weighted by Crippen LogP contribution is 2.45. The van der Waals surface area contributed by atoms with Gasteiger partial charge in [0.25, 0.3) is 0 Å². The largest absolute Gasteiger partial charge is 0.493 e. The van der Waals surface area contributed by atoms with E-state index in [1.807, 2.05) is 26.0 Å². The predicted octanol–water partition coefficient (Wildman–Crippen LogP) is 10.6. The van der Waals surface area contributed by atoms with E-state index in [9.17, 15) is 33.4 Å². The topological polar surface area (TPSA) is 187 Å². The zero-order valence-electron chi connectivity index (χ0n) is 39.5. The standard InChI is InChI=1S/C24H38NO6PSi.C21H33O6PSi/c1-9-19-18(5)21-14-30-24(26)22(21)23(29-12-13-33(6,7)8)20(19)11-10-17(4)15-32(27,28)31-25-16(2)3;1-7-16-15(3)18-12-27-21(22)19(18)20(26-10-11-29(4,5)6)17(16)9-8-14(2)13-28(23,24)25/h10H,9,11-15H2,1-8H3,(H,27,28);8H,7,9-13H2,1-6H3,(H2,23,24,25)/b17-10+;14-8+. The van der Waals surface area contributed by atoms with Gasteiger partial charge in [0.1, 0.15) is 35.8 Å². The Balaban J connectivity index is 0.000000333. The second kappa shape index (κ2) is 22.1. The Morgan fingerprint density at radius 1 is 0.677 bits per heavy atom. The van der Waals surface area contributed by atoms with Gasteiger partial charge in [-0.05, 0) is 102 Å². The van der Waals surface area contributed by atoms with Crippen LogP contribution in [0.4, 0.5) is 0 Å². The van der Waals surface area contributed by atoms with Crippen LogP contribution in [0.2, 0.25) is 51.4 Å². The average molecular weight is 936 g/mol. The van der Waals surface area contributed by atoms with E-state index in [4.69, 9.17) is 23.6 Å². The molecule has 0 bridgehead atoms. The number of allylic oxidation sites excluding steroid dienone is 4. The third-order valence-corrected chi connectivity index (χ3v) is 16.3. The van der Waals surface area contributed by atoms with Crippen LogP contribution in [0.25, 0.3) is 0 Å². The summed E-state index contributed by atoms with van der Waals surface area (Å²) >= 11 is 0. The molecule has 0 saturated carbocycles. The summed E-state index contributed by atoms with van der Waals surface area (Å²) in [5, 5.41) is 3.63. The molecular weight excluding hydrogens is 865 g/mol. The predicted molar refractivity (Wildman–Crippen MR) is 253 cm³/mol. The van der Waals surface area contributed by atoms with Crippen molar-refractivity contribution >= 4 is 49.0 Å².